The SMILES string of the molecule is COCC(CC(=O)OC)c1ccc(N(CC(C)C)C2CCOCC2)c(NC(=O)Cc2ccc(C)cc2)c1. The molecule has 1 N–H and O–H groups in total. The number of hydrogen-bond acceptors (Lipinski definition) is 6. The highest BCUT2D eigenvalue weighted by Crippen LogP contribution is 2.35. The Morgan fingerprint density at radius 1 is 1.08 bits per heavy atom. The lowest BCUT2D eigenvalue weighted by atomic mass is 9.94. The summed E-state index contributed by atoms with van der Waals surface area (Å²) in [5.74, 6) is -0.102. The molecule has 0 aromatic heterocycles. The van der Waals surface area contributed by atoms with Crippen LogP contribution < -0.4 is 10.2 Å². The number of ether oxygens (including phenoxy) is 3. The van der Waals surface area contributed by atoms with Gasteiger partial charge in [-0.25, -0.2) is 0 Å². The summed E-state index contributed by atoms with van der Waals surface area (Å²) in [6, 6.07) is 14.5. The number of amides is 1. The van der Waals surface area contributed by atoms with Crippen molar-refractivity contribution in [3.05, 3.63) is 59.2 Å². The minimum Gasteiger partial charge on any atom is -0.469 e. The number of methoxy groups -OCH3 is 2. The van der Waals surface area contributed by atoms with Crippen molar-refractivity contribution in [2.45, 2.75) is 58.4 Å². The number of anilines is 2. The summed E-state index contributed by atoms with van der Waals surface area (Å²) in [5.41, 5.74) is 4.81. The number of nitrogens with one attached hydrogen (secondary N) is 1. The minimum atomic E-state index is -0.292. The summed E-state index contributed by atoms with van der Waals surface area (Å²) in [6.07, 6.45) is 2.38. The van der Waals surface area contributed by atoms with Gasteiger partial charge in [-0.15, -0.1) is 0 Å². The van der Waals surface area contributed by atoms with Crippen molar-refractivity contribution in [3.8, 4) is 0 Å². The van der Waals surface area contributed by atoms with Gasteiger partial charge in [0.1, 0.15) is 0 Å². The van der Waals surface area contributed by atoms with Gasteiger partial charge in [-0.05, 0) is 48.9 Å². The Morgan fingerprint density at radius 2 is 1.78 bits per heavy atom. The molecule has 1 saturated heterocycles. The third kappa shape index (κ3) is 8.58. The predicted octanol–water partition coefficient (Wildman–Crippen LogP) is 5.11. The van der Waals surface area contributed by atoms with Gasteiger partial charge >= 0.3 is 5.97 Å². The maximum absolute atomic E-state index is 13.2. The smallest absolute Gasteiger partial charge is 0.306 e. The van der Waals surface area contributed by atoms with Crippen molar-refractivity contribution in [3.63, 3.8) is 0 Å². The van der Waals surface area contributed by atoms with Crippen molar-refractivity contribution < 1.29 is 23.8 Å². The van der Waals surface area contributed by atoms with E-state index in [1.165, 1.54) is 7.11 Å². The topological polar surface area (TPSA) is 77.1 Å². The number of nitrogens with zero attached hydrogens (tertiary/aromatic N) is 1. The molecule has 0 bridgehead atoms. The highest BCUT2D eigenvalue weighted by Gasteiger charge is 2.26. The maximum Gasteiger partial charge on any atom is 0.306 e. The molecule has 0 aliphatic carbocycles. The van der Waals surface area contributed by atoms with Gasteiger partial charge in [-0.3, -0.25) is 9.59 Å². The van der Waals surface area contributed by atoms with E-state index >= 15 is 0 Å². The molecule has 1 unspecified atom stereocenters. The predicted molar refractivity (Wildman–Crippen MR) is 147 cm³/mol. The molecule has 0 saturated carbocycles. The Balaban J connectivity index is 1.97. The van der Waals surface area contributed by atoms with Crippen LogP contribution >= 0.6 is 0 Å². The van der Waals surface area contributed by atoms with Crippen LogP contribution in [-0.2, 0) is 30.2 Å². The molecule has 1 aliphatic rings. The molecule has 2 aromatic carbocycles. The van der Waals surface area contributed by atoms with Crippen LogP contribution in [0.25, 0.3) is 0 Å². The van der Waals surface area contributed by atoms with Gasteiger partial charge in [0, 0.05) is 38.8 Å². The molecule has 1 heterocycles. The largest absolute Gasteiger partial charge is 0.469 e. The monoisotopic (exact) mass is 510 g/mol. The number of aryl methyl sites for hydroxylation is 1. The zero-order valence-electron chi connectivity index (χ0n) is 22.9. The number of esters is 1. The van der Waals surface area contributed by atoms with E-state index in [1.807, 2.05) is 43.3 Å². The lowest BCUT2D eigenvalue weighted by Gasteiger charge is -2.38. The van der Waals surface area contributed by atoms with Crippen LogP contribution in [0.2, 0.25) is 0 Å². The first-order valence-electron chi connectivity index (χ1n) is 13.2. The van der Waals surface area contributed by atoms with Crippen LogP contribution in [0, 0.1) is 12.8 Å². The van der Waals surface area contributed by atoms with E-state index in [0.717, 1.165) is 60.7 Å². The third-order valence-electron chi connectivity index (χ3n) is 6.76. The average molecular weight is 511 g/mol. The Morgan fingerprint density at radius 3 is 2.41 bits per heavy atom. The second-order valence-corrected chi connectivity index (χ2v) is 10.3. The van der Waals surface area contributed by atoms with Crippen molar-refractivity contribution >= 4 is 23.3 Å². The fourth-order valence-electron chi connectivity index (χ4n) is 4.84. The molecule has 7 heteroatoms. The molecule has 202 valence electrons. The van der Waals surface area contributed by atoms with Gasteiger partial charge in [-0.2, -0.15) is 0 Å². The first-order chi connectivity index (χ1) is 17.8. The average Bonchev–Trinajstić information content (AvgIpc) is 2.89. The quantitative estimate of drug-likeness (QED) is 0.400. The van der Waals surface area contributed by atoms with Crippen LogP contribution in [0.5, 0.6) is 0 Å². The van der Waals surface area contributed by atoms with E-state index in [-0.39, 0.29) is 30.6 Å². The molecule has 1 fully saturated rings. The fraction of sp³-hybridized carbons (Fsp3) is 0.533. The zero-order chi connectivity index (χ0) is 26.8. The highest BCUT2D eigenvalue weighted by molar-refractivity contribution is 5.96. The van der Waals surface area contributed by atoms with Crippen LogP contribution in [-0.4, -0.2) is 58.5 Å². The molecule has 1 amide bonds. The van der Waals surface area contributed by atoms with Crippen molar-refractivity contribution in [2.75, 3.05) is 50.8 Å². The molecule has 0 radical (unpaired) electrons. The van der Waals surface area contributed by atoms with E-state index in [9.17, 15) is 9.59 Å². The van der Waals surface area contributed by atoms with Gasteiger partial charge in [0.15, 0.2) is 0 Å². The number of carbonyl (C=O) groups excluding carboxylic acids is 2. The van der Waals surface area contributed by atoms with Crippen molar-refractivity contribution in [1.29, 1.82) is 0 Å². The van der Waals surface area contributed by atoms with Gasteiger partial charge < -0.3 is 24.4 Å². The lowest BCUT2D eigenvalue weighted by Crippen LogP contribution is -2.42. The molecular weight excluding hydrogens is 468 g/mol. The fourth-order valence-corrected chi connectivity index (χ4v) is 4.84. The van der Waals surface area contributed by atoms with E-state index in [2.05, 4.69) is 30.1 Å². The maximum atomic E-state index is 13.2. The van der Waals surface area contributed by atoms with Gasteiger partial charge in [0.25, 0.3) is 0 Å². The van der Waals surface area contributed by atoms with Crippen LogP contribution in [0.15, 0.2) is 42.5 Å². The van der Waals surface area contributed by atoms with Gasteiger partial charge in [-0.1, -0.05) is 49.7 Å². The van der Waals surface area contributed by atoms with Crippen LogP contribution in [0.3, 0.4) is 0 Å². The van der Waals surface area contributed by atoms with E-state index in [1.54, 1.807) is 7.11 Å². The third-order valence-corrected chi connectivity index (χ3v) is 6.76. The number of carbonyl (C=O) groups is 2. The zero-order valence-corrected chi connectivity index (χ0v) is 22.9. The summed E-state index contributed by atoms with van der Waals surface area (Å²) >= 11 is 0. The molecule has 3 rings (SSSR count). The Hall–Kier alpha value is -2.90. The molecule has 37 heavy (non-hydrogen) atoms. The van der Waals surface area contributed by atoms with E-state index in [0.29, 0.717) is 18.6 Å². The van der Waals surface area contributed by atoms with Gasteiger partial charge in [0.05, 0.1) is 37.9 Å². The second kappa shape index (κ2) is 14.1. The number of benzene rings is 2. The molecule has 1 atom stereocenters. The molecule has 7 nitrogen and oxygen atoms in total. The Kier molecular flexibility index (Phi) is 11.0. The molecule has 1 aliphatic heterocycles. The minimum absolute atomic E-state index is 0.0741. The molecular formula is C30H42N2O5. The molecule has 0 spiro atoms. The Labute approximate surface area is 221 Å². The van der Waals surface area contributed by atoms with Gasteiger partial charge in [0.2, 0.25) is 5.91 Å². The van der Waals surface area contributed by atoms with Crippen LogP contribution in [0.4, 0.5) is 11.4 Å². The van der Waals surface area contributed by atoms with Crippen LogP contribution in [0.1, 0.15) is 55.7 Å². The number of rotatable bonds is 12. The summed E-state index contributed by atoms with van der Waals surface area (Å²) < 4.78 is 16.0. The summed E-state index contributed by atoms with van der Waals surface area (Å²) in [7, 11) is 3.02. The number of hydrogen-bond donors (Lipinski definition) is 1. The normalized spacial score (nSPS) is 14.9. The molecule has 2 aromatic rings. The standard InChI is InChI=1S/C30H42N2O5/c1-21(2)19-32(26-12-14-37-15-13-26)28-11-10-24(25(20-35-4)18-30(34)36-5)17-27(28)31-29(33)16-23-8-6-22(3)7-9-23/h6-11,17,21,25-26H,12-16,18-20H2,1-5H3,(H,31,33). The first-order valence-corrected chi connectivity index (χ1v) is 13.2. The van der Waals surface area contributed by atoms with Crippen molar-refractivity contribution in [2.24, 2.45) is 5.92 Å². The van der Waals surface area contributed by atoms with Crippen molar-refractivity contribution in [1.82, 2.24) is 0 Å². The summed E-state index contributed by atoms with van der Waals surface area (Å²) in [6.45, 7) is 9.17. The summed E-state index contributed by atoms with van der Waals surface area (Å²) in [5, 5.41) is 3.20. The van der Waals surface area contributed by atoms with E-state index < -0.39 is 0 Å². The summed E-state index contributed by atoms with van der Waals surface area (Å²) in [4.78, 5) is 27.7. The first kappa shape index (κ1) is 28.7. The van der Waals surface area contributed by atoms with E-state index in [4.69, 9.17) is 14.2 Å². The second-order valence-electron chi connectivity index (χ2n) is 10.3. The Bertz CT molecular complexity index is 1020. The lowest BCUT2D eigenvalue weighted by molar-refractivity contribution is -0.141. The highest BCUT2D eigenvalue weighted by atomic mass is 16.5.